The standard InChI is InChI=1S/C19H21NO6S/c1-27(24,25)17-5-2-4-15(12-17)19(23)20-13-14-7-9-16(10-8-14)26-11-3-6-18(21)22/h2,4-5,7-10,12H,3,6,11,13H2,1H3,(H,20,23)(H,21,22). The van der Waals surface area contributed by atoms with Crippen LogP contribution in [0.2, 0.25) is 0 Å². The Bertz CT molecular complexity index is 906. The van der Waals surface area contributed by atoms with Gasteiger partial charge in [-0.05, 0) is 42.3 Å². The highest BCUT2D eigenvalue weighted by atomic mass is 32.2. The molecule has 0 aliphatic heterocycles. The molecule has 2 rings (SSSR count). The van der Waals surface area contributed by atoms with Crippen LogP contribution in [0.15, 0.2) is 53.4 Å². The molecule has 0 unspecified atom stereocenters. The Kier molecular flexibility index (Phi) is 6.95. The van der Waals surface area contributed by atoms with Crippen LogP contribution in [-0.2, 0) is 21.2 Å². The number of carboxylic acids is 1. The molecule has 1 amide bonds. The lowest BCUT2D eigenvalue weighted by atomic mass is 10.2. The maximum atomic E-state index is 12.2. The number of sulfone groups is 1. The highest BCUT2D eigenvalue weighted by molar-refractivity contribution is 7.90. The van der Waals surface area contributed by atoms with Crippen LogP contribution in [0.25, 0.3) is 0 Å². The monoisotopic (exact) mass is 391 g/mol. The van der Waals surface area contributed by atoms with Crippen LogP contribution in [0.5, 0.6) is 5.75 Å². The fourth-order valence-electron chi connectivity index (χ4n) is 2.27. The number of hydrogen-bond donors (Lipinski definition) is 2. The number of aliphatic carboxylic acids is 1. The Morgan fingerprint density at radius 3 is 2.44 bits per heavy atom. The lowest BCUT2D eigenvalue weighted by Crippen LogP contribution is -2.23. The Balaban J connectivity index is 1.87. The average Bonchev–Trinajstić information content (AvgIpc) is 2.63. The summed E-state index contributed by atoms with van der Waals surface area (Å²) in [6.45, 7) is 0.598. The van der Waals surface area contributed by atoms with Crippen LogP contribution in [-0.4, -0.2) is 38.3 Å². The molecule has 0 spiro atoms. The van der Waals surface area contributed by atoms with E-state index in [1.165, 1.54) is 18.2 Å². The van der Waals surface area contributed by atoms with E-state index in [1.807, 2.05) is 0 Å². The average molecular weight is 391 g/mol. The first-order valence-electron chi connectivity index (χ1n) is 8.27. The molecular weight excluding hydrogens is 370 g/mol. The molecule has 7 nitrogen and oxygen atoms in total. The number of rotatable bonds is 9. The Hall–Kier alpha value is -2.87. The van der Waals surface area contributed by atoms with Gasteiger partial charge >= 0.3 is 5.97 Å². The maximum Gasteiger partial charge on any atom is 0.303 e. The second-order valence-electron chi connectivity index (χ2n) is 5.97. The van der Waals surface area contributed by atoms with Gasteiger partial charge in [-0.1, -0.05) is 18.2 Å². The van der Waals surface area contributed by atoms with E-state index in [1.54, 1.807) is 30.3 Å². The predicted molar refractivity (Wildman–Crippen MR) is 99.5 cm³/mol. The van der Waals surface area contributed by atoms with Crippen molar-refractivity contribution in [2.45, 2.75) is 24.3 Å². The number of amides is 1. The molecule has 8 heteroatoms. The van der Waals surface area contributed by atoms with Gasteiger partial charge in [0.1, 0.15) is 5.75 Å². The first kappa shape index (κ1) is 20.4. The summed E-state index contributed by atoms with van der Waals surface area (Å²) in [5.74, 6) is -0.599. The summed E-state index contributed by atoms with van der Waals surface area (Å²) >= 11 is 0. The molecule has 0 atom stereocenters. The Morgan fingerprint density at radius 2 is 1.81 bits per heavy atom. The summed E-state index contributed by atoms with van der Waals surface area (Å²) in [6.07, 6.45) is 1.58. The zero-order valence-corrected chi connectivity index (χ0v) is 15.7. The van der Waals surface area contributed by atoms with Gasteiger partial charge in [0.25, 0.3) is 5.91 Å². The van der Waals surface area contributed by atoms with Gasteiger partial charge in [0.2, 0.25) is 0 Å². The Morgan fingerprint density at radius 1 is 1.11 bits per heavy atom. The van der Waals surface area contributed by atoms with Crippen LogP contribution >= 0.6 is 0 Å². The maximum absolute atomic E-state index is 12.2. The molecule has 0 radical (unpaired) electrons. The summed E-state index contributed by atoms with van der Waals surface area (Å²) < 4.78 is 28.6. The van der Waals surface area contributed by atoms with Crippen molar-refractivity contribution in [1.82, 2.24) is 5.32 Å². The SMILES string of the molecule is CS(=O)(=O)c1cccc(C(=O)NCc2ccc(OCCCC(=O)O)cc2)c1. The largest absolute Gasteiger partial charge is 0.494 e. The molecule has 0 bridgehead atoms. The minimum atomic E-state index is -3.37. The van der Waals surface area contributed by atoms with Gasteiger partial charge in [0.15, 0.2) is 9.84 Å². The van der Waals surface area contributed by atoms with Crippen LogP contribution in [0.4, 0.5) is 0 Å². The molecule has 0 fully saturated rings. The highest BCUT2D eigenvalue weighted by Gasteiger charge is 2.11. The predicted octanol–water partition coefficient (Wildman–Crippen LogP) is 2.26. The van der Waals surface area contributed by atoms with E-state index in [0.717, 1.165) is 11.8 Å². The van der Waals surface area contributed by atoms with Crippen LogP contribution < -0.4 is 10.1 Å². The molecule has 27 heavy (non-hydrogen) atoms. The molecule has 0 heterocycles. The minimum Gasteiger partial charge on any atom is -0.494 e. The smallest absolute Gasteiger partial charge is 0.303 e. The number of nitrogens with one attached hydrogen (secondary N) is 1. The molecule has 0 aromatic heterocycles. The second-order valence-corrected chi connectivity index (χ2v) is 7.99. The van der Waals surface area contributed by atoms with Gasteiger partial charge in [-0.3, -0.25) is 9.59 Å². The van der Waals surface area contributed by atoms with Crippen molar-refractivity contribution in [3.8, 4) is 5.75 Å². The Labute approximate surface area is 157 Å². The number of hydrogen-bond acceptors (Lipinski definition) is 5. The normalized spacial score (nSPS) is 11.0. The molecule has 144 valence electrons. The summed E-state index contributed by atoms with van der Waals surface area (Å²) in [5.41, 5.74) is 1.12. The summed E-state index contributed by atoms with van der Waals surface area (Å²) in [4.78, 5) is 22.7. The lowest BCUT2D eigenvalue weighted by molar-refractivity contribution is -0.137. The van der Waals surface area contributed by atoms with Crippen molar-refractivity contribution in [2.75, 3.05) is 12.9 Å². The van der Waals surface area contributed by atoms with Crippen LogP contribution in [0, 0.1) is 0 Å². The van der Waals surface area contributed by atoms with E-state index in [0.29, 0.717) is 18.8 Å². The minimum absolute atomic E-state index is 0.0602. The fraction of sp³-hybridized carbons (Fsp3) is 0.263. The van der Waals surface area contributed by atoms with E-state index < -0.39 is 15.8 Å². The molecule has 2 aromatic rings. The van der Waals surface area contributed by atoms with Gasteiger partial charge in [-0.25, -0.2) is 8.42 Å². The van der Waals surface area contributed by atoms with Crippen molar-refractivity contribution < 1.29 is 27.9 Å². The third-order valence-electron chi connectivity index (χ3n) is 3.70. The number of ether oxygens (including phenoxy) is 1. The first-order valence-corrected chi connectivity index (χ1v) is 10.2. The highest BCUT2D eigenvalue weighted by Crippen LogP contribution is 2.14. The topological polar surface area (TPSA) is 110 Å². The number of carbonyl (C=O) groups excluding carboxylic acids is 1. The second kappa shape index (κ2) is 9.18. The van der Waals surface area contributed by atoms with E-state index in [4.69, 9.17) is 9.84 Å². The lowest BCUT2D eigenvalue weighted by Gasteiger charge is -2.08. The third kappa shape index (κ3) is 6.74. The van der Waals surface area contributed by atoms with Crippen LogP contribution in [0.3, 0.4) is 0 Å². The quantitative estimate of drug-likeness (QED) is 0.635. The van der Waals surface area contributed by atoms with Crippen molar-refractivity contribution in [3.63, 3.8) is 0 Å². The van der Waals surface area contributed by atoms with E-state index in [2.05, 4.69) is 5.32 Å². The zero-order chi connectivity index (χ0) is 19.9. The van der Waals surface area contributed by atoms with Crippen molar-refractivity contribution in [2.24, 2.45) is 0 Å². The molecule has 2 N–H and O–H groups in total. The molecule has 0 saturated heterocycles. The van der Waals surface area contributed by atoms with Gasteiger partial charge in [-0.15, -0.1) is 0 Å². The molecular formula is C19H21NO6S. The zero-order valence-electron chi connectivity index (χ0n) is 14.8. The summed E-state index contributed by atoms with van der Waals surface area (Å²) in [5, 5.41) is 11.3. The van der Waals surface area contributed by atoms with Crippen molar-refractivity contribution >= 4 is 21.7 Å². The molecule has 0 aliphatic carbocycles. The van der Waals surface area contributed by atoms with E-state index in [-0.39, 0.29) is 29.3 Å². The molecule has 0 saturated carbocycles. The van der Waals surface area contributed by atoms with Gasteiger partial charge < -0.3 is 15.2 Å². The summed E-state index contributed by atoms with van der Waals surface area (Å²) in [6, 6.07) is 12.9. The first-order chi connectivity index (χ1) is 12.8. The van der Waals surface area contributed by atoms with Gasteiger partial charge in [0, 0.05) is 24.8 Å². The summed E-state index contributed by atoms with van der Waals surface area (Å²) in [7, 11) is -3.37. The third-order valence-corrected chi connectivity index (χ3v) is 4.81. The van der Waals surface area contributed by atoms with Gasteiger partial charge in [-0.2, -0.15) is 0 Å². The van der Waals surface area contributed by atoms with Crippen molar-refractivity contribution in [3.05, 3.63) is 59.7 Å². The number of benzene rings is 2. The molecule has 0 aliphatic rings. The number of carboxylic acid groups (broad SMARTS) is 1. The molecule has 2 aromatic carbocycles. The number of carbonyl (C=O) groups is 2. The van der Waals surface area contributed by atoms with Gasteiger partial charge in [0.05, 0.1) is 11.5 Å². The van der Waals surface area contributed by atoms with Crippen LogP contribution in [0.1, 0.15) is 28.8 Å². The fourth-order valence-corrected chi connectivity index (χ4v) is 2.94. The van der Waals surface area contributed by atoms with E-state index >= 15 is 0 Å². The van der Waals surface area contributed by atoms with E-state index in [9.17, 15) is 18.0 Å². The van der Waals surface area contributed by atoms with Crippen molar-refractivity contribution in [1.29, 1.82) is 0 Å².